The fourth-order valence-electron chi connectivity index (χ4n) is 6.10. The number of anilines is 2. The first kappa shape index (κ1) is 26.8. The Kier molecular flexibility index (Phi) is 6.40. The van der Waals surface area contributed by atoms with Crippen molar-refractivity contribution in [2.24, 2.45) is 5.41 Å². The molecule has 42 heavy (non-hydrogen) atoms. The molecular weight excluding hydrogens is 549 g/mol. The van der Waals surface area contributed by atoms with E-state index in [-0.39, 0.29) is 17.3 Å². The molecule has 4 heterocycles. The van der Waals surface area contributed by atoms with Gasteiger partial charge in [0.25, 0.3) is 0 Å². The standard InChI is InChI=1S/C33H32FN5O2S/c1-32(2,3)41-31(40)39-18-33(19-39)16-38(17-33)15-21-4-7-24(26(34)12-21)22-5-8-25-27(10-11-35-28(25)13-22)37-23-6-9-30-29(14-23)36-20-42-30/h4-14,20H,15-19H2,1-3H3,(H,35,37). The van der Waals surface area contributed by atoms with Crippen LogP contribution in [0.15, 0.2) is 72.4 Å². The van der Waals surface area contributed by atoms with Gasteiger partial charge in [0.05, 0.1) is 21.2 Å². The van der Waals surface area contributed by atoms with Gasteiger partial charge in [-0.05, 0) is 68.3 Å². The SMILES string of the molecule is CC(C)(C)OC(=O)N1CC2(CN(Cc3ccc(-c4ccc5c(Nc6ccc7scnc7c6)ccnc5c4)c(F)c3)C2)C1. The highest BCUT2D eigenvalue weighted by atomic mass is 32.1. The lowest BCUT2D eigenvalue weighted by molar-refractivity contribution is -0.115. The number of fused-ring (bicyclic) bond motifs is 2. The van der Waals surface area contributed by atoms with Gasteiger partial charge in [-0.2, -0.15) is 0 Å². The Morgan fingerprint density at radius 1 is 1.00 bits per heavy atom. The summed E-state index contributed by atoms with van der Waals surface area (Å²) in [6.07, 6.45) is 1.53. The zero-order valence-electron chi connectivity index (χ0n) is 23.9. The average Bonchev–Trinajstić information content (AvgIpc) is 3.36. The van der Waals surface area contributed by atoms with Crippen molar-refractivity contribution >= 4 is 49.9 Å². The second-order valence-electron chi connectivity index (χ2n) is 12.5. The zero-order chi connectivity index (χ0) is 29.1. The van der Waals surface area contributed by atoms with E-state index in [0.717, 1.165) is 69.8 Å². The highest BCUT2D eigenvalue weighted by Crippen LogP contribution is 2.41. The topological polar surface area (TPSA) is 70.6 Å². The molecule has 0 saturated carbocycles. The summed E-state index contributed by atoms with van der Waals surface area (Å²) in [6, 6.07) is 19.5. The van der Waals surface area contributed by atoms with Crippen molar-refractivity contribution in [3.63, 3.8) is 0 Å². The van der Waals surface area contributed by atoms with Gasteiger partial charge < -0.3 is 15.0 Å². The summed E-state index contributed by atoms with van der Waals surface area (Å²) < 4.78 is 22.0. The number of carbonyl (C=O) groups is 1. The normalized spacial score (nSPS) is 16.4. The second kappa shape index (κ2) is 10.0. The van der Waals surface area contributed by atoms with Gasteiger partial charge in [0.15, 0.2) is 0 Å². The number of ether oxygens (including phenoxy) is 1. The minimum atomic E-state index is -0.483. The van der Waals surface area contributed by atoms with Crippen molar-refractivity contribution in [2.75, 3.05) is 31.5 Å². The Labute approximate surface area is 248 Å². The summed E-state index contributed by atoms with van der Waals surface area (Å²) >= 11 is 1.62. The molecule has 0 atom stereocenters. The second-order valence-corrected chi connectivity index (χ2v) is 13.4. The first-order valence-corrected chi connectivity index (χ1v) is 15.0. The van der Waals surface area contributed by atoms with Crippen molar-refractivity contribution in [1.82, 2.24) is 19.8 Å². The van der Waals surface area contributed by atoms with Crippen LogP contribution in [-0.2, 0) is 11.3 Å². The molecule has 0 bridgehead atoms. The van der Waals surface area contributed by atoms with Gasteiger partial charge in [-0.3, -0.25) is 9.88 Å². The molecule has 214 valence electrons. The number of amides is 1. The number of nitrogens with one attached hydrogen (secondary N) is 1. The lowest BCUT2D eigenvalue weighted by Gasteiger charge is -2.60. The number of likely N-dealkylation sites (tertiary alicyclic amines) is 2. The van der Waals surface area contributed by atoms with Crippen LogP contribution in [0.3, 0.4) is 0 Å². The summed E-state index contributed by atoms with van der Waals surface area (Å²) in [7, 11) is 0. The molecule has 2 aromatic heterocycles. The lowest BCUT2D eigenvalue weighted by Crippen LogP contribution is -2.72. The number of nitrogens with zero attached hydrogens (tertiary/aromatic N) is 4. The molecule has 0 radical (unpaired) electrons. The maximum absolute atomic E-state index is 15.4. The Balaban J connectivity index is 1.00. The van der Waals surface area contributed by atoms with Crippen molar-refractivity contribution in [3.8, 4) is 11.1 Å². The molecule has 5 aromatic rings. The largest absolute Gasteiger partial charge is 0.444 e. The predicted octanol–water partition coefficient (Wildman–Crippen LogP) is 7.45. The van der Waals surface area contributed by atoms with Crippen LogP contribution in [0.25, 0.3) is 32.2 Å². The lowest BCUT2D eigenvalue weighted by atomic mass is 9.73. The third-order valence-electron chi connectivity index (χ3n) is 7.93. The van der Waals surface area contributed by atoms with E-state index in [2.05, 4.69) is 26.3 Å². The summed E-state index contributed by atoms with van der Waals surface area (Å²) in [5.74, 6) is -0.243. The van der Waals surface area contributed by atoms with E-state index in [4.69, 9.17) is 4.74 Å². The van der Waals surface area contributed by atoms with E-state index in [0.29, 0.717) is 12.1 Å². The van der Waals surface area contributed by atoms with Crippen LogP contribution in [0.1, 0.15) is 26.3 Å². The van der Waals surface area contributed by atoms with Crippen LogP contribution in [-0.4, -0.2) is 57.6 Å². The predicted molar refractivity (Wildman–Crippen MR) is 166 cm³/mol. The van der Waals surface area contributed by atoms with Gasteiger partial charge in [0.1, 0.15) is 11.4 Å². The molecule has 2 saturated heterocycles. The fraction of sp³-hybridized carbons (Fsp3) is 0.303. The number of benzene rings is 3. The van der Waals surface area contributed by atoms with Crippen molar-refractivity contribution in [2.45, 2.75) is 32.9 Å². The average molecular weight is 582 g/mol. The molecule has 2 aliphatic heterocycles. The van der Waals surface area contributed by atoms with Gasteiger partial charge in [0.2, 0.25) is 0 Å². The third-order valence-corrected chi connectivity index (χ3v) is 8.74. The first-order chi connectivity index (χ1) is 20.1. The molecule has 2 fully saturated rings. The van der Waals surface area contributed by atoms with E-state index < -0.39 is 5.60 Å². The molecule has 7 rings (SSSR count). The molecule has 1 spiro atoms. The number of rotatable bonds is 5. The summed E-state index contributed by atoms with van der Waals surface area (Å²) in [6.45, 7) is 9.58. The van der Waals surface area contributed by atoms with Crippen LogP contribution in [0, 0.1) is 11.2 Å². The number of pyridine rings is 1. The number of carbonyl (C=O) groups excluding carboxylic acids is 1. The van der Waals surface area contributed by atoms with Crippen molar-refractivity contribution in [3.05, 3.63) is 83.8 Å². The Morgan fingerprint density at radius 3 is 2.62 bits per heavy atom. The molecule has 1 N–H and O–H groups in total. The number of halogens is 1. The van der Waals surface area contributed by atoms with Gasteiger partial charge in [-0.15, -0.1) is 11.3 Å². The van der Waals surface area contributed by atoms with Crippen LogP contribution in [0.4, 0.5) is 20.6 Å². The monoisotopic (exact) mass is 581 g/mol. The smallest absolute Gasteiger partial charge is 0.410 e. The van der Waals surface area contributed by atoms with E-state index in [9.17, 15) is 4.79 Å². The van der Waals surface area contributed by atoms with Gasteiger partial charge in [0, 0.05) is 66.7 Å². The molecule has 2 aliphatic rings. The maximum Gasteiger partial charge on any atom is 0.410 e. The fourth-order valence-corrected chi connectivity index (χ4v) is 6.76. The zero-order valence-corrected chi connectivity index (χ0v) is 24.7. The van der Waals surface area contributed by atoms with Gasteiger partial charge >= 0.3 is 6.09 Å². The molecule has 0 unspecified atom stereocenters. The Bertz CT molecular complexity index is 1820. The molecular formula is C33H32FN5O2S. The van der Waals surface area contributed by atoms with Gasteiger partial charge in [-0.25, -0.2) is 14.2 Å². The molecule has 1 amide bonds. The van der Waals surface area contributed by atoms with E-state index in [1.54, 1.807) is 28.5 Å². The molecule has 0 aliphatic carbocycles. The van der Waals surface area contributed by atoms with Crippen LogP contribution in [0.5, 0.6) is 0 Å². The quantitative estimate of drug-likeness (QED) is 0.233. The maximum atomic E-state index is 15.4. The number of hydrogen-bond acceptors (Lipinski definition) is 7. The highest BCUT2D eigenvalue weighted by Gasteiger charge is 2.53. The Hall–Kier alpha value is -4.08. The molecule has 7 nitrogen and oxygen atoms in total. The summed E-state index contributed by atoms with van der Waals surface area (Å²) in [4.78, 5) is 25.3. The third kappa shape index (κ3) is 5.18. The van der Waals surface area contributed by atoms with E-state index >= 15 is 4.39 Å². The highest BCUT2D eigenvalue weighted by molar-refractivity contribution is 7.16. The summed E-state index contributed by atoms with van der Waals surface area (Å²) in [5.41, 5.74) is 7.45. The summed E-state index contributed by atoms with van der Waals surface area (Å²) in [5, 5.41) is 4.45. The Morgan fingerprint density at radius 2 is 1.83 bits per heavy atom. The van der Waals surface area contributed by atoms with Crippen LogP contribution in [0.2, 0.25) is 0 Å². The van der Waals surface area contributed by atoms with Gasteiger partial charge in [-0.1, -0.05) is 24.3 Å². The van der Waals surface area contributed by atoms with E-state index in [1.807, 2.05) is 74.8 Å². The van der Waals surface area contributed by atoms with Crippen LogP contribution >= 0.6 is 11.3 Å². The van der Waals surface area contributed by atoms with Crippen LogP contribution < -0.4 is 5.32 Å². The van der Waals surface area contributed by atoms with Crippen molar-refractivity contribution in [1.29, 1.82) is 0 Å². The minimum absolute atomic E-state index is 0.148. The number of aromatic nitrogens is 2. The van der Waals surface area contributed by atoms with E-state index in [1.165, 1.54) is 0 Å². The molecule has 3 aromatic carbocycles. The first-order valence-electron chi connectivity index (χ1n) is 14.1. The number of thiazole rings is 1. The number of hydrogen-bond donors (Lipinski definition) is 1. The minimum Gasteiger partial charge on any atom is -0.444 e. The van der Waals surface area contributed by atoms with Crippen molar-refractivity contribution < 1.29 is 13.9 Å². The molecule has 9 heteroatoms.